The largest absolute Gasteiger partial charge is 0.481 e. The third-order valence-electron chi connectivity index (χ3n) is 1.23. The molecule has 0 rings (SSSR count). The minimum absolute atomic E-state index is 0.296. The van der Waals surface area contributed by atoms with Crippen LogP contribution < -0.4 is 5.32 Å². The van der Waals surface area contributed by atoms with E-state index in [1.807, 2.05) is 0 Å². The Morgan fingerprint density at radius 1 is 1.21 bits per heavy atom. The summed E-state index contributed by atoms with van der Waals surface area (Å²) in [5, 5.41) is 19.0. The first kappa shape index (κ1) is 16.3. The molecule has 0 aliphatic rings. The van der Waals surface area contributed by atoms with Crippen molar-refractivity contribution in [2.45, 2.75) is 23.4 Å². The number of hydrogen-bond acceptors (Lipinski definition) is 3. The summed E-state index contributed by atoms with van der Waals surface area (Å²) in [5.74, 6) is -2.15. The number of nitrogens with one attached hydrogen (secondary N) is 1. The van der Waals surface area contributed by atoms with Crippen LogP contribution in [0.4, 0.5) is 0 Å². The van der Waals surface area contributed by atoms with Gasteiger partial charge in [0.05, 0.1) is 12.8 Å². The Labute approximate surface area is 101 Å². The van der Waals surface area contributed by atoms with Crippen molar-refractivity contribution in [2.75, 3.05) is 13.1 Å². The van der Waals surface area contributed by atoms with E-state index in [-0.39, 0.29) is 12.8 Å². The fraction of sp³-hybridized carbons (Fsp3) is 0.750. The summed E-state index contributed by atoms with van der Waals surface area (Å²) in [6.07, 6.45) is -0.593. The zero-order chi connectivity index (χ0) is 11.4. The Bertz CT molecular complexity index is 145. The SMILES string of the molecule is CCNC[CH2][Na].O=C(O)CCC(=O)O. The van der Waals surface area contributed by atoms with Crippen LogP contribution in [-0.4, -0.2) is 63.2 Å². The van der Waals surface area contributed by atoms with Crippen LogP contribution in [0.3, 0.4) is 0 Å². The molecule has 0 aromatic carbocycles. The molecule has 0 aliphatic heterocycles. The third kappa shape index (κ3) is 22.7. The molecule has 0 atom stereocenters. The van der Waals surface area contributed by atoms with Gasteiger partial charge in [-0.15, -0.1) is 0 Å². The van der Waals surface area contributed by atoms with Crippen molar-refractivity contribution >= 4 is 39.9 Å². The van der Waals surface area contributed by atoms with E-state index in [4.69, 9.17) is 10.2 Å². The smallest absolute Gasteiger partial charge is 0.303 e. The predicted molar refractivity (Wildman–Crippen MR) is 53.6 cm³/mol. The Morgan fingerprint density at radius 2 is 1.64 bits per heavy atom. The molecule has 0 saturated heterocycles. The summed E-state index contributed by atoms with van der Waals surface area (Å²) in [5.41, 5.74) is 0. The molecule has 0 saturated carbocycles. The predicted octanol–water partition coefficient (Wildman–Crippen LogP) is 0.119. The first-order chi connectivity index (χ1) is 6.54. The molecule has 0 aromatic heterocycles. The summed E-state index contributed by atoms with van der Waals surface area (Å²) in [6.45, 7) is 4.49. The number of rotatable bonds is 6. The maximum atomic E-state index is 9.64. The van der Waals surface area contributed by atoms with E-state index in [2.05, 4.69) is 12.2 Å². The standard InChI is InChI=1S/C4H10N.C4H6O4.Na/c1-3-5-4-2;5-3(6)1-2-4(7)8;/h5H,1,3-4H2,2H3;1-2H2,(H,5,6)(H,7,8);. The van der Waals surface area contributed by atoms with Crippen molar-refractivity contribution in [3.63, 3.8) is 0 Å². The summed E-state index contributed by atoms with van der Waals surface area (Å²) in [7, 11) is 0. The average Bonchev–Trinajstić information content (AvgIpc) is 2.12. The van der Waals surface area contributed by atoms with Crippen molar-refractivity contribution in [3.05, 3.63) is 0 Å². The Balaban J connectivity index is 0. The molecule has 0 amide bonds. The van der Waals surface area contributed by atoms with Crippen molar-refractivity contribution in [1.82, 2.24) is 5.32 Å². The van der Waals surface area contributed by atoms with E-state index in [1.54, 1.807) is 0 Å². The van der Waals surface area contributed by atoms with Crippen molar-refractivity contribution in [2.24, 2.45) is 0 Å². The van der Waals surface area contributed by atoms with Crippen LogP contribution in [0.5, 0.6) is 0 Å². The molecule has 0 fully saturated rings. The van der Waals surface area contributed by atoms with Gasteiger partial charge in [0, 0.05) is 0 Å². The molecule has 0 bridgehead atoms. The van der Waals surface area contributed by atoms with Gasteiger partial charge in [-0.25, -0.2) is 0 Å². The van der Waals surface area contributed by atoms with E-state index < -0.39 is 11.9 Å². The summed E-state index contributed by atoms with van der Waals surface area (Å²) in [4.78, 5) is 19.3. The zero-order valence-corrected chi connectivity index (χ0v) is 10.7. The Hall–Kier alpha value is -0.100. The molecule has 0 aliphatic carbocycles. The summed E-state index contributed by atoms with van der Waals surface area (Å²) < 4.78 is 1.38. The second kappa shape index (κ2) is 12.9. The zero-order valence-electron chi connectivity index (χ0n) is 8.75. The minimum atomic E-state index is -1.08. The van der Waals surface area contributed by atoms with Crippen molar-refractivity contribution in [3.8, 4) is 0 Å². The molecule has 0 radical (unpaired) electrons. The van der Waals surface area contributed by atoms with Crippen LogP contribution in [-0.2, 0) is 9.59 Å². The number of carbonyl (C=O) groups is 2. The van der Waals surface area contributed by atoms with E-state index in [9.17, 15) is 9.59 Å². The maximum absolute atomic E-state index is 9.64. The van der Waals surface area contributed by atoms with Gasteiger partial charge in [0.2, 0.25) is 0 Å². The van der Waals surface area contributed by atoms with E-state index >= 15 is 0 Å². The second-order valence-electron chi connectivity index (χ2n) is 2.64. The van der Waals surface area contributed by atoms with Gasteiger partial charge in [0.15, 0.2) is 0 Å². The second-order valence-corrected chi connectivity index (χ2v) is 3.64. The third-order valence-corrected chi connectivity index (χ3v) is 1.73. The van der Waals surface area contributed by atoms with Crippen molar-refractivity contribution in [1.29, 1.82) is 0 Å². The molecule has 0 heterocycles. The molecule has 3 N–H and O–H groups in total. The first-order valence-corrected chi connectivity index (χ1v) is 6.10. The van der Waals surface area contributed by atoms with Gasteiger partial charge < -0.3 is 10.2 Å². The minimum Gasteiger partial charge on any atom is -0.481 e. The summed E-state index contributed by atoms with van der Waals surface area (Å²) >= 11 is 1.34. The normalized spacial score (nSPS) is 8.79. The van der Waals surface area contributed by atoms with E-state index in [1.165, 1.54) is 38.1 Å². The summed E-state index contributed by atoms with van der Waals surface area (Å²) in [6, 6.07) is 0. The molecule has 0 unspecified atom stereocenters. The van der Waals surface area contributed by atoms with Crippen molar-refractivity contribution < 1.29 is 19.8 Å². The average molecular weight is 213 g/mol. The number of aliphatic carboxylic acids is 2. The van der Waals surface area contributed by atoms with E-state index in [0.717, 1.165) is 6.54 Å². The molecule has 14 heavy (non-hydrogen) atoms. The van der Waals surface area contributed by atoms with Gasteiger partial charge in [-0.2, -0.15) is 0 Å². The van der Waals surface area contributed by atoms with Gasteiger partial charge in [0.1, 0.15) is 0 Å². The maximum Gasteiger partial charge on any atom is 0.303 e. The van der Waals surface area contributed by atoms with Gasteiger partial charge in [-0.05, 0) is 0 Å². The van der Waals surface area contributed by atoms with Crippen LogP contribution in [0.25, 0.3) is 0 Å². The number of carboxylic acids is 2. The number of carboxylic acid groups (broad SMARTS) is 2. The van der Waals surface area contributed by atoms with Crippen LogP contribution in [0, 0.1) is 0 Å². The molecule has 6 heteroatoms. The van der Waals surface area contributed by atoms with Crippen LogP contribution >= 0.6 is 0 Å². The van der Waals surface area contributed by atoms with Crippen LogP contribution in [0.15, 0.2) is 0 Å². The van der Waals surface area contributed by atoms with Gasteiger partial charge in [-0.1, -0.05) is 0 Å². The molecule has 78 valence electrons. The molecular weight excluding hydrogens is 197 g/mol. The number of hydrogen-bond donors (Lipinski definition) is 3. The monoisotopic (exact) mass is 213 g/mol. The molecule has 5 nitrogen and oxygen atoms in total. The first-order valence-electron chi connectivity index (χ1n) is 4.68. The van der Waals surface area contributed by atoms with Gasteiger partial charge >= 0.3 is 68.9 Å². The van der Waals surface area contributed by atoms with Crippen LogP contribution in [0.2, 0.25) is 3.67 Å². The Kier molecular flexibility index (Phi) is 15.1. The topological polar surface area (TPSA) is 86.6 Å². The fourth-order valence-electron chi connectivity index (χ4n) is 0.567. The van der Waals surface area contributed by atoms with Gasteiger partial charge in [-0.3, -0.25) is 9.59 Å². The van der Waals surface area contributed by atoms with Crippen LogP contribution in [0.1, 0.15) is 19.8 Å². The fourth-order valence-corrected chi connectivity index (χ4v) is 0.921. The molecule has 0 aromatic rings. The van der Waals surface area contributed by atoms with E-state index in [0.29, 0.717) is 0 Å². The molecular formula is C8H16NNaO4. The Morgan fingerprint density at radius 3 is 1.79 bits per heavy atom. The molecule has 0 spiro atoms. The van der Waals surface area contributed by atoms with Gasteiger partial charge in [0.25, 0.3) is 0 Å². The quantitative estimate of drug-likeness (QED) is 0.431.